The van der Waals surface area contributed by atoms with Gasteiger partial charge in [-0.2, -0.15) is 25.5 Å². The second-order valence-corrected chi connectivity index (χ2v) is 12.5. The first-order valence-electron chi connectivity index (χ1n) is 13.0. The molecule has 3 heterocycles. The van der Waals surface area contributed by atoms with E-state index in [9.17, 15) is 18.0 Å². The Bertz CT molecular complexity index is 2060. The molecule has 0 saturated carbocycles. The highest BCUT2D eigenvalue weighted by atomic mass is 35.5. The SMILES string of the molecule is CC(Oc1cccc(S(=O)(=O)Nc2ccc3n[nH]nc3c2)c1)C(=O)NC1=NN(c2c(Cl)cc(Cl)cc2Cl)C(=O)C1n1cccn1. The molecule has 45 heavy (non-hydrogen) atoms. The topological polar surface area (TPSA) is 177 Å². The maximum atomic E-state index is 13.5. The van der Waals surface area contributed by atoms with Crippen molar-refractivity contribution in [3.63, 3.8) is 0 Å². The smallest absolute Gasteiger partial charge is 0.280 e. The first kappa shape index (κ1) is 30.3. The maximum absolute atomic E-state index is 13.5. The third-order valence-corrected chi connectivity index (χ3v) is 8.68. The number of anilines is 2. The van der Waals surface area contributed by atoms with Gasteiger partial charge >= 0.3 is 0 Å². The molecule has 3 N–H and O–H groups in total. The van der Waals surface area contributed by atoms with Gasteiger partial charge in [0.25, 0.3) is 21.8 Å². The minimum absolute atomic E-state index is 0.0658. The zero-order valence-electron chi connectivity index (χ0n) is 22.8. The van der Waals surface area contributed by atoms with Crippen LogP contribution in [-0.2, 0) is 19.6 Å². The molecule has 0 fully saturated rings. The summed E-state index contributed by atoms with van der Waals surface area (Å²) in [6.07, 6.45) is 1.84. The number of amides is 2. The van der Waals surface area contributed by atoms with E-state index in [1.54, 1.807) is 18.2 Å². The van der Waals surface area contributed by atoms with Crippen LogP contribution in [0.15, 0.2) is 83.1 Å². The number of hydrazone groups is 1. The van der Waals surface area contributed by atoms with Crippen LogP contribution in [0.5, 0.6) is 5.75 Å². The maximum Gasteiger partial charge on any atom is 0.280 e. The Balaban J connectivity index is 1.20. The fourth-order valence-corrected chi connectivity index (χ4v) is 6.49. The summed E-state index contributed by atoms with van der Waals surface area (Å²) in [7, 11) is -4.03. The lowest BCUT2D eigenvalue weighted by atomic mass is 10.2. The zero-order chi connectivity index (χ0) is 31.9. The van der Waals surface area contributed by atoms with Crippen LogP contribution in [0.4, 0.5) is 11.4 Å². The van der Waals surface area contributed by atoms with E-state index in [1.807, 2.05) is 0 Å². The summed E-state index contributed by atoms with van der Waals surface area (Å²) in [4.78, 5) is 26.7. The number of carbonyl (C=O) groups excluding carboxylic acids is 2. The van der Waals surface area contributed by atoms with Crippen molar-refractivity contribution in [2.45, 2.75) is 24.0 Å². The average molecular weight is 689 g/mol. The van der Waals surface area contributed by atoms with Gasteiger partial charge in [-0.25, -0.2) is 8.42 Å². The Morgan fingerprint density at radius 1 is 1.02 bits per heavy atom. The molecule has 6 rings (SSSR count). The predicted molar refractivity (Wildman–Crippen MR) is 167 cm³/mol. The summed E-state index contributed by atoms with van der Waals surface area (Å²) in [6.45, 7) is 1.45. The van der Waals surface area contributed by atoms with E-state index in [0.29, 0.717) is 11.0 Å². The first-order valence-corrected chi connectivity index (χ1v) is 15.6. The highest BCUT2D eigenvalue weighted by molar-refractivity contribution is 7.92. The minimum Gasteiger partial charge on any atom is -0.481 e. The molecule has 18 heteroatoms. The molecule has 0 radical (unpaired) electrons. The average Bonchev–Trinajstić information content (AvgIpc) is 3.73. The molecule has 2 amide bonds. The van der Waals surface area contributed by atoms with E-state index in [-0.39, 0.29) is 42.9 Å². The van der Waals surface area contributed by atoms with Gasteiger partial charge in [0.05, 0.1) is 20.6 Å². The summed E-state index contributed by atoms with van der Waals surface area (Å²) in [6, 6.07) is 13.6. The summed E-state index contributed by atoms with van der Waals surface area (Å²) < 4.78 is 35.8. The number of fused-ring (bicyclic) bond motifs is 1. The molecular weight excluding hydrogens is 669 g/mol. The Kier molecular flexibility index (Phi) is 8.09. The monoisotopic (exact) mass is 687 g/mol. The first-order chi connectivity index (χ1) is 21.5. The number of sulfonamides is 1. The van der Waals surface area contributed by atoms with Crippen LogP contribution in [0.1, 0.15) is 13.0 Å². The van der Waals surface area contributed by atoms with Crippen molar-refractivity contribution in [2.24, 2.45) is 5.10 Å². The number of ether oxygens (including phenoxy) is 1. The molecule has 2 atom stereocenters. The molecule has 2 aromatic heterocycles. The van der Waals surface area contributed by atoms with Gasteiger partial charge in [-0.15, -0.1) is 5.10 Å². The van der Waals surface area contributed by atoms with Crippen molar-refractivity contribution in [3.8, 4) is 5.75 Å². The van der Waals surface area contributed by atoms with Crippen molar-refractivity contribution in [3.05, 3.63) is 88.1 Å². The van der Waals surface area contributed by atoms with Crippen LogP contribution in [0.25, 0.3) is 11.0 Å². The van der Waals surface area contributed by atoms with E-state index in [1.165, 1.54) is 66.5 Å². The van der Waals surface area contributed by atoms with Gasteiger partial charge in [0.1, 0.15) is 22.5 Å². The number of aromatic nitrogens is 5. The van der Waals surface area contributed by atoms with Crippen molar-refractivity contribution < 1.29 is 22.7 Å². The van der Waals surface area contributed by atoms with Gasteiger partial charge in [-0.1, -0.05) is 40.9 Å². The van der Waals surface area contributed by atoms with Crippen LogP contribution in [0, 0.1) is 0 Å². The van der Waals surface area contributed by atoms with Crippen LogP contribution >= 0.6 is 34.8 Å². The minimum atomic E-state index is -4.03. The van der Waals surface area contributed by atoms with Crippen molar-refractivity contribution in [1.29, 1.82) is 0 Å². The number of halogens is 3. The number of hydrogen-bond acceptors (Lipinski definition) is 9. The quantitative estimate of drug-likeness (QED) is 0.215. The highest BCUT2D eigenvalue weighted by Crippen LogP contribution is 2.39. The fourth-order valence-electron chi connectivity index (χ4n) is 4.42. The van der Waals surface area contributed by atoms with E-state index >= 15 is 0 Å². The lowest BCUT2D eigenvalue weighted by molar-refractivity contribution is -0.125. The van der Waals surface area contributed by atoms with E-state index in [0.717, 1.165) is 5.01 Å². The number of aromatic amines is 1. The van der Waals surface area contributed by atoms with Crippen molar-refractivity contribution >= 4 is 84.9 Å². The Morgan fingerprint density at radius 3 is 2.51 bits per heavy atom. The number of nitrogens with one attached hydrogen (secondary N) is 3. The second-order valence-electron chi connectivity index (χ2n) is 9.60. The lowest BCUT2D eigenvalue weighted by Gasteiger charge is -2.18. The van der Waals surface area contributed by atoms with E-state index in [2.05, 4.69) is 35.6 Å². The van der Waals surface area contributed by atoms with Crippen LogP contribution < -0.4 is 19.8 Å². The number of H-pyrrole nitrogens is 1. The lowest BCUT2D eigenvalue weighted by Crippen LogP contribution is -2.43. The van der Waals surface area contributed by atoms with E-state index in [4.69, 9.17) is 39.5 Å². The molecule has 0 spiro atoms. The molecule has 1 aliphatic heterocycles. The Morgan fingerprint density at radius 2 is 1.78 bits per heavy atom. The Hall–Kier alpha value is -4.70. The summed E-state index contributed by atoms with van der Waals surface area (Å²) >= 11 is 18.7. The van der Waals surface area contributed by atoms with Gasteiger partial charge in [0, 0.05) is 23.5 Å². The Labute approximate surface area is 269 Å². The summed E-state index contributed by atoms with van der Waals surface area (Å²) in [5.41, 5.74) is 1.42. The van der Waals surface area contributed by atoms with Gasteiger partial charge in [0.15, 0.2) is 18.0 Å². The standard InChI is InChI=1S/C27H20Cl3N9O5S/c1-14(44-17-4-2-5-18(13-17)45(42,43)36-16-6-7-21-22(12-16)34-37-33-21)26(40)32-25-24(38-9-3-8-31-38)27(41)39(35-25)23-19(29)10-15(28)11-20(23)30/h2-14,24,36H,1H3,(H,32,35,40)(H,33,34,37). The van der Waals surface area contributed by atoms with Crippen LogP contribution in [-0.4, -0.2) is 57.4 Å². The number of carbonyl (C=O) groups is 2. The largest absolute Gasteiger partial charge is 0.481 e. The van der Waals surface area contributed by atoms with Crippen LogP contribution in [0.3, 0.4) is 0 Å². The third kappa shape index (κ3) is 6.15. The molecule has 1 aliphatic rings. The number of rotatable bonds is 8. The zero-order valence-corrected chi connectivity index (χ0v) is 25.9. The molecule has 2 unspecified atom stereocenters. The predicted octanol–water partition coefficient (Wildman–Crippen LogP) is 4.40. The summed E-state index contributed by atoms with van der Waals surface area (Å²) in [5.74, 6) is -1.25. The number of hydrogen-bond donors (Lipinski definition) is 3. The molecular formula is C27H20Cl3N9O5S. The molecule has 0 bridgehead atoms. The number of nitrogens with zero attached hydrogens (tertiary/aromatic N) is 6. The van der Waals surface area contributed by atoms with Crippen LogP contribution in [0.2, 0.25) is 15.1 Å². The van der Waals surface area contributed by atoms with E-state index < -0.39 is 34.0 Å². The molecule has 0 aliphatic carbocycles. The van der Waals surface area contributed by atoms with Gasteiger partial charge in [-0.3, -0.25) is 19.0 Å². The fraction of sp³-hybridized carbons (Fsp3) is 0.111. The summed E-state index contributed by atoms with van der Waals surface area (Å²) in [5, 5.41) is 22.8. The second kappa shape index (κ2) is 12.0. The molecule has 5 aromatic rings. The molecule has 0 saturated heterocycles. The number of benzene rings is 3. The van der Waals surface area contributed by atoms with Crippen molar-refractivity contribution in [2.75, 3.05) is 9.73 Å². The molecule has 14 nitrogen and oxygen atoms in total. The van der Waals surface area contributed by atoms with Gasteiger partial charge in [0.2, 0.25) is 0 Å². The van der Waals surface area contributed by atoms with Gasteiger partial charge in [-0.05, 0) is 55.5 Å². The third-order valence-electron chi connectivity index (χ3n) is 6.51. The molecule has 230 valence electrons. The van der Waals surface area contributed by atoms with Crippen molar-refractivity contribution in [1.82, 2.24) is 30.5 Å². The molecule has 3 aromatic carbocycles. The van der Waals surface area contributed by atoms with Gasteiger partial charge < -0.3 is 10.1 Å². The normalized spacial score (nSPS) is 15.6. The number of amidine groups is 1. The highest BCUT2D eigenvalue weighted by Gasteiger charge is 2.41.